The molecule has 0 aliphatic carbocycles. The molecular weight excluding hydrogens is 685 g/mol. The van der Waals surface area contributed by atoms with Gasteiger partial charge in [0.05, 0.1) is 27.9 Å². The van der Waals surface area contributed by atoms with Gasteiger partial charge < -0.3 is 36.4 Å². The molecule has 6 atom stereocenters. The molecule has 6 rings (SSSR count). The fraction of sp³-hybridized carbons (Fsp3) is 0.368. The molecule has 274 valence electrons. The van der Waals surface area contributed by atoms with Crippen LogP contribution < -0.4 is 31.3 Å². The summed E-state index contributed by atoms with van der Waals surface area (Å²) in [5, 5.41) is 24.2. The molecule has 3 aromatic carbocycles. The second-order valence-corrected chi connectivity index (χ2v) is 14.2. The molecule has 0 saturated heterocycles. The van der Waals surface area contributed by atoms with Crippen LogP contribution in [0.2, 0.25) is 0 Å². The van der Waals surface area contributed by atoms with Crippen LogP contribution in [0.5, 0.6) is 5.75 Å². The van der Waals surface area contributed by atoms with Gasteiger partial charge in [0.15, 0.2) is 0 Å². The van der Waals surface area contributed by atoms with Gasteiger partial charge in [0.25, 0.3) is 5.91 Å². The number of thiazole rings is 1. The molecule has 4 aromatic rings. The van der Waals surface area contributed by atoms with Gasteiger partial charge in [-0.15, -0.1) is 11.3 Å². The highest BCUT2D eigenvalue weighted by molar-refractivity contribution is 7.16. The van der Waals surface area contributed by atoms with Crippen LogP contribution >= 0.6 is 11.3 Å². The summed E-state index contributed by atoms with van der Waals surface area (Å²) < 4.78 is 6.94. The predicted molar refractivity (Wildman–Crippen MR) is 197 cm³/mol. The van der Waals surface area contributed by atoms with Crippen molar-refractivity contribution < 1.29 is 33.8 Å². The Labute approximate surface area is 305 Å². The summed E-state index contributed by atoms with van der Waals surface area (Å²) in [4.78, 5) is 71.9. The molecule has 0 saturated carbocycles. The zero-order valence-electron chi connectivity index (χ0n) is 29.4. The maximum absolute atomic E-state index is 13.7. The molecule has 2 aliphatic rings. The number of carbonyl (C=O) groups is 5. The van der Waals surface area contributed by atoms with Gasteiger partial charge in [-0.3, -0.25) is 24.0 Å². The van der Waals surface area contributed by atoms with Gasteiger partial charge in [-0.2, -0.15) is 0 Å². The quantitative estimate of drug-likeness (QED) is 0.163. The van der Waals surface area contributed by atoms with Crippen LogP contribution in [0.4, 0.5) is 0 Å². The van der Waals surface area contributed by atoms with Gasteiger partial charge in [0.1, 0.15) is 36.5 Å². The molecule has 13 nitrogen and oxygen atoms in total. The monoisotopic (exact) mass is 728 g/mol. The number of carbonyl (C=O) groups excluding carboxylic acids is 5. The Balaban J connectivity index is 1.44. The van der Waals surface area contributed by atoms with E-state index in [0.717, 1.165) is 15.8 Å². The molecule has 1 aromatic heterocycles. The van der Waals surface area contributed by atoms with Crippen molar-refractivity contribution in [1.29, 1.82) is 0 Å². The molecule has 2 bridgehead atoms. The van der Waals surface area contributed by atoms with Crippen LogP contribution in [0.1, 0.15) is 49.2 Å². The Bertz CT molecular complexity index is 1880. The maximum Gasteiger partial charge on any atom is 0.251 e. The van der Waals surface area contributed by atoms with Gasteiger partial charge in [-0.05, 0) is 67.6 Å². The summed E-state index contributed by atoms with van der Waals surface area (Å²) >= 11 is 1.39. The third-order valence-electron chi connectivity index (χ3n) is 8.76. The first kappa shape index (κ1) is 37.9. The number of nitrogens with one attached hydrogen (secondary N) is 5. The first-order valence-corrected chi connectivity index (χ1v) is 18.0. The second-order valence-electron chi connectivity index (χ2n) is 13.3. The minimum Gasteiger partial charge on any atom is -0.491 e. The Morgan fingerprint density at radius 3 is 2.27 bits per heavy atom. The lowest BCUT2D eigenvalue weighted by Gasteiger charge is -2.29. The number of aliphatic hydroxyl groups excluding tert-OH is 1. The molecule has 3 heterocycles. The fourth-order valence-electron chi connectivity index (χ4n) is 5.78. The van der Waals surface area contributed by atoms with Gasteiger partial charge in [0, 0.05) is 12.0 Å². The van der Waals surface area contributed by atoms with E-state index in [-0.39, 0.29) is 18.9 Å². The van der Waals surface area contributed by atoms with Crippen molar-refractivity contribution in [3.8, 4) is 5.75 Å². The van der Waals surface area contributed by atoms with E-state index in [1.807, 2.05) is 30.3 Å². The summed E-state index contributed by atoms with van der Waals surface area (Å²) in [5.74, 6) is -2.93. The lowest BCUT2D eigenvalue weighted by Crippen LogP contribution is -2.61. The predicted octanol–water partition coefficient (Wildman–Crippen LogP) is 2.27. The smallest absolute Gasteiger partial charge is 0.251 e. The Hall–Kier alpha value is -5.34. The number of hydrogen-bond acceptors (Lipinski definition) is 9. The van der Waals surface area contributed by atoms with E-state index < -0.39 is 65.8 Å². The van der Waals surface area contributed by atoms with Crippen LogP contribution in [-0.4, -0.2) is 82.5 Å². The van der Waals surface area contributed by atoms with Crippen LogP contribution in [0, 0.1) is 5.92 Å². The number of ether oxygens (including phenoxy) is 1. The van der Waals surface area contributed by atoms with Gasteiger partial charge in [-0.25, -0.2) is 4.98 Å². The van der Waals surface area contributed by atoms with Crippen molar-refractivity contribution in [3.05, 3.63) is 95.0 Å². The zero-order valence-corrected chi connectivity index (χ0v) is 30.2. The normalized spacial score (nSPS) is 22.8. The van der Waals surface area contributed by atoms with Crippen molar-refractivity contribution in [1.82, 2.24) is 31.6 Å². The van der Waals surface area contributed by atoms with E-state index >= 15 is 0 Å². The molecular formula is C38H44N6O7S. The topological polar surface area (TPSA) is 188 Å². The highest BCUT2D eigenvalue weighted by Gasteiger charge is 2.34. The van der Waals surface area contributed by atoms with Gasteiger partial charge in [-0.1, -0.05) is 56.3 Å². The number of amides is 5. The number of benzene rings is 3. The first-order chi connectivity index (χ1) is 24.9. The van der Waals surface area contributed by atoms with Gasteiger partial charge >= 0.3 is 0 Å². The molecule has 14 heteroatoms. The van der Waals surface area contributed by atoms with E-state index in [4.69, 9.17) is 4.74 Å². The number of nitrogens with zero attached hydrogens (tertiary/aromatic N) is 1. The van der Waals surface area contributed by atoms with Crippen molar-refractivity contribution in [2.24, 2.45) is 5.92 Å². The highest BCUT2D eigenvalue weighted by Crippen LogP contribution is 2.20. The molecule has 0 unspecified atom stereocenters. The Morgan fingerprint density at radius 1 is 0.885 bits per heavy atom. The average molecular weight is 729 g/mol. The summed E-state index contributed by atoms with van der Waals surface area (Å²) in [6.07, 6.45) is -0.817. The SMILES string of the molecule is CC(C)[C@H]1NC(=O)[C@H]([C@@H](C)O)NC(=O)[C@@H](C)NC(=O)[C@@H](NC(=O)c2ccc3ncsc3c2)Cc2ccc(cc2)OC[C@H](Cc2ccccc2)NC1=O. The third-order valence-corrected chi connectivity index (χ3v) is 9.55. The molecule has 6 N–H and O–H groups in total. The minimum atomic E-state index is -1.44. The van der Waals surface area contributed by atoms with Crippen LogP contribution in [-0.2, 0) is 32.0 Å². The fourth-order valence-corrected chi connectivity index (χ4v) is 6.50. The van der Waals surface area contributed by atoms with E-state index in [2.05, 4.69) is 31.6 Å². The third kappa shape index (κ3) is 9.92. The van der Waals surface area contributed by atoms with Crippen LogP contribution in [0.15, 0.2) is 78.3 Å². The number of rotatable bonds is 6. The van der Waals surface area contributed by atoms with Crippen LogP contribution in [0.25, 0.3) is 10.2 Å². The second kappa shape index (κ2) is 17.2. The van der Waals surface area contributed by atoms with E-state index in [0.29, 0.717) is 23.3 Å². The van der Waals surface area contributed by atoms with Crippen molar-refractivity contribution in [2.45, 2.75) is 76.8 Å². The van der Waals surface area contributed by atoms with E-state index in [1.165, 1.54) is 25.2 Å². The van der Waals surface area contributed by atoms with Gasteiger partial charge in [0.2, 0.25) is 23.6 Å². The standard InChI is InChI=1S/C38H44N6O7S/c1-21(2)32-37(49)41-27(16-24-8-6-5-7-9-24)19-51-28-13-10-25(11-14-28)17-30(42-35(47)26-12-15-29-31(18-26)52-20-39-29)36(48)40-22(3)34(46)44-33(23(4)45)38(50)43-32/h5-15,18,20-23,27,30,32-33,45H,16-17,19H2,1-4H3,(H,40,48)(H,41,49)(H,42,47)(H,43,50)(H,44,46)/t22-,23-,27+,30+,32-,33+/m1/s1. The molecule has 52 heavy (non-hydrogen) atoms. The lowest BCUT2D eigenvalue weighted by molar-refractivity contribution is -0.136. The summed E-state index contributed by atoms with van der Waals surface area (Å²) in [7, 11) is 0. The van der Waals surface area contributed by atoms with E-state index in [9.17, 15) is 29.1 Å². The largest absolute Gasteiger partial charge is 0.491 e. The molecule has 0 fully saturated rings. The van der Waals surface area contributed by atoms with E-state index in [1.54, 1.807) is 61.8 Å². The average Bonchev–Trinajstić information content (AvgIpc) is 3.60. The zero-order chi connectivity index (χ0) is 37.4. The van der Waals surface area contributed by atoms with Crippen molar-refractivity contribution in [3.63, 3.8) is 0 Å². The summed E-state index contributed by atoms with van der Waals surface area (Å²) in [6.45, 7) is 6.41. The molecule has 5 amide bonds. The summed E-state index contributed by atoms with van der Waals surface area (Å²) in [6, 6.07) is 16.5. The highest BCUT2D eigenvalue weighted by atomic mass is 32.1. The Morgan fingerprint density at radius 2 is 1.58 bits per heavy atom. The molecule has 2 aliphatic heterocycles. The maximum atomic E-state index is 13.7. The number of fused-ring (bicyclic) bond motifs is 18. The first-order valence-electron chi connectivity index (χ1n) is 17.2. The number of hydrogen-bond donors (Lipinski definition) is 6. The van der Waals surface area contributed by atoms with Crippen molar-refractivity contribution in [2.75, 3.05) is 6.61 Å². The van der Waals surface area contributed by atoms with Crippen LogP contribution in [0.3, 0.4) is 0 Å². The van der Waals surface area contributed by atoms with Crippen molar-refractivity contribution >= 4 is 51.1 Å². The molecule has 0 spiro atoms. The number of aliphatic hydroxyl groups is 1. The number of aromatic nitrogens is 1. The molecule has 0 radical (unpaired) electrons. The lowest BCUT2D eigenvalue weighted by atomic mass is 10.0. The summed E-state index contributed by atoms with van der Waals surface area (Å²) in [5.41, 5.74) is 4.45. The minimum absolute atomic E-state index is 0.0803. The Kier molecular flexibility index (Phi) is 12.6.